The van der Waals surface area contributed by atoms with Gasteiger partial charge in [-0.1, -0.05) is 23.7 Å². The summed E-state index contributed by atoms with van der Waals surface area (Å²) in [7, 11) is 0. The molecule has 0 saturated heterocycles. The molecule has 3 rings (SSSR count). The maximum absolute atomic E-state index is 13.5. The Kier molecular flexibility index (Phi) is 4.58. The van der Waals surface area contributed by atoms with Crippen molar-refractivity contribution >= 4 is 28.4 Å². The van der Waals surface area contributed by atoms with Crippen molar-refractivity contribution in [2.45, 2.75) is 26.3 Å². The standard InChI is InChI=1S/C19H18ClFN2O/c1-11(13-4-3-5-14(20)8-13)23-19(24)10-16-12(2)22-18-7-6-15(21)9-17(16)18/h3-9,11,22H,10H2,1-2H3,(H,23,24). The van der Waals surface area contributed by atoms with Crippen molar-refractivity contribution in [3.8, 4) is 0 Å². The van der Waals surface area contributed by atoms with Crippen LogP contribution in [0.1, 0.15) is 29.8 Å². The summed E-state index contributed by atoms with van der Waals surface area (Å²) in [5.74, 6) is -0.425. The molecule has 1 heterocycles. The average molecular weight is 345 g/mol. The predicted octanol–water partition coefficient (Wildman–Crippen LogP) is 4.69. The first kappa shape index (κ1) is 16.5. The third-order valence-electron chi connectivity index (χ3n) is 4.15. The third-order valence-corrected chi connectivity index (χ3v) is 4.38. The molecule has 0 aliphatic rings. The van der Waals surface area contributed by atoms with Gasteiger partial charge in [-0.3, -0.25) is 4.79 Å². The van der Waals surface area contributed by atoms with Gasteiger partial charge in [0.25, 0.3) is 0 Å². The quantitative estimate of drug-likeness (QED) is 0.708. The number of nitrogens with one attached hydrogen (secondary N) is 2. The largest absolute Gasteiger partial charge is 0.358 e. The fourth-order valence-electron chi connectivity index (χ4n) is 2.89. The van der Waals surface area contributed by atoms with E-state index in [-0.39, 0.29) is 24.2 Å². The number of benzene rings is 2. The van der Waals surface area contributed by atoms with E-state index in [0.29, 0.717) is 5.02 Å². The van der Waals surface area contributed by atoms with E-state index in [2.05, 4.69) is 10.3 Å². The molecule has 0 spiro atoms. The lowest BCUT2D eigenvalue weighted by Crippen LogP contribution is -2.28. The van der Waals surface area contributed by atoms with E-state index < -0.39 is 0 Å². The molecule has 0 bridgehead atoms. The predicted molar refractivity (Wildman–Crippen MR) is 94.7 cm³/mol. The normalized spacial score (nSPS) is 12.3. The highest BCUT2D eigenvalue weighted by Crippen LogP contribution is 2.24. The Morgan fingerprint density at radius 1 is 1.29 bits per heavy atom. The van der Waals surface area contributed by atoms with Crippen LogP contribution in [0.15, 0.2) is 42.5 Å². The highest BCUT2D eigenvalue weighted by atomic mass is 35.5. The van der Waals surface area contributed by atoms with Crippen LogP contribution in [0.5, 0.6) is 0 Å². The van der Waals surface area contributed by atoms with Crippen molar-refractivity contribution < 1.29 is 9.18 Å². The van der Waals surface area contributed by atoms with Crippen LogP contribution < -0.4 is 5.32 Å². The van der Waals surface area contributed by atoms with Crippen molar-refractivity contribution in [3.63, 3.8) is 0 Å². The summed E-state index contributed by atoms with van der Waals surface area (Å²) < 4.78 is 13.5. The molecule has 0 saturated carbocycles. The Balaban J connectivity index is 1.78. The fraction of sp³-hybridized carbons (Fsp3) is 0.211. The maximum Gasteiger partial charge on any atom is 0.224 e. The molecule has 0 aliphatic heterocycles. The molecule has 3 nitrogen and oxygen atoms in total. The second-order valence-electron chi connectivity index (χ2n) is 5.94. The molecule has 2 N–H and O–H groups in total. The fourth-order valence-corrected chi connectivity index (χ4v) is 3.09. The second-order valence-corrected chi connectivity index (χ2v) is 6.38. The number of fused-ring (bicyclic) bond motifs is 1. The molecular formula is C19H18ClFN2O. The van der Waals surface area contributed by atoms with Crippen molar-refractivity contribution in [2.24, 2.45) is 0 Å². The smallest absolute Gasteiger partial charge is 0.224 e. The number of amides is 1. The SMILES string of the molecule is Cc1[nH]c2ccc(F)cc2c1CC(=O)NC(C)c1cccc(Cl)c1. The van der Waals surface area contributed by atoms with Gasteiger partial charge >= 0.3 is 0 Å². The molecule has 3 aromatic rings. The lowest BCUT2D eigenvalue weighted by molar-refractivity contribution is -0.121. The van der Waals surface area contributed by atoms with Gasteiger partial charge in [0.1, 0.15) is 5.82 Å². The van der Waals surface area contributed by atoms with Crippen LogP contribution in [0.3, 0.4) is 0 Å². The number of rotatable bonds is 4. The van der Waals surface area contributed by atoms with E-state index in [1.54, 1.807) is 12.1 Å². The first-order valence-electron chi connectivity index (χ1n) is 7.75. The van der Waals surface area contributed by atoms with Gasteiger partial charge < -0.3 is 10.3 Å². The van der Waals surface area contributed by atoms with Gasteiger partial charge in [0.2, 0.25) is 5.91 Å². The molecule has 5 heteroatoms. The molecule has 124 valence electrons. The summed E-state index contributed by atoms with van der Waals surface area (Å²) in [6.45, 7) is 3.80. The summed E-state index contributed by atoms with van der Waals surface area (Å²) in [5.41, 5.74) is 3.47. The van der Waals surface area contributed by atoms with Gasteiger partial charge in [-0.15, -0.1) is 0 Å². The van der Waals surface area contributed by atoms with Crippen molar-refractivity contribution in [2.75, 3.05) is 0 Å². The number of H-pyrrole nitrogens is 1. The number of carbonyl (C=O) groups excluding carboxylic acids is 1. The molecule has 0 fully saturated rings. The Morgan fingerprint density at radius 3 is 2.83 bits per heavy atom. The van der Waals surface area contributed by atoms with E-state index in [1.165, 1.54) is 12.1 Å². The van der Waals surface area contributed by atoms with E-state index >= 15 is 0 Å². The molecule has 1 atom stereocenters. The van der Waals surface area contributed by atoms with Crippen LogP contribution in [0.2, 0.25) is 5.02 Å². The Morgan fingerprint density at radius 2 is 2.08 bits per heavy atom. The number of carbonyl (C=O) groups is 1. The van der Waals surface area contributed by atoms with E-state index in [0.717, 1.165) is 27.7 Å². The maximum atomic E-state index is 13.5. The Bertz CT molecular complexity index is 904. The van der Waals surface area contributed by atoms with Crippen molar-refractivity contribution in [1.82, 2.24) is 10.3 Å². The number of aromatic amines is 1. The highest BCUT2D eigenvalue weighted by molar-refractivity contribution is 6.30. The summed E-state index contributed by atoms with van der Waals surface area (Å²) in [6, 6.07) is 11.8. The summed E-state index contributed by atoms with van der Waals surface area (Å²) >= 11 is 5.99. The first-order valence-corrected chi connectivity index (χ1v) is 8.13. The molecule has 1 amide bonds. The Labute approximate surface area is 144 Å². The summed E-state index contributed by atoms with van der Waals surface area (Å²) in [4.78, 5) is 15.6. The average Bonchev–Trinajstić information content (AvgIpc) is 2.83. The number of aryl methyl sites for hydroxylation is 1. The zero-order chi connectivity index (χ0) is 17.3. The van der Waals surface area contributed by atoms with Crippen LogP contribution in [0.4, 0.5) is 4.39 Å². The van der Waals surface area contributed by atoms with E-state index in [4.69, 9.17) is 11.6 Å². The number of halogens is 2. The second kappa shape index (κ2) is 6.65. The van der Waals surface area contributed by atoms with Gasteiger partial charge in [-0.25, -0.2) is 4.39 Å². The van der Waals surface area contributed by atoms with Gasteiger partial charge in [0.05, 0.1) is 12.5 Å². The molecule has 0 radical (unpaired) electrons. The summed E-state index contributed by atoms with van der Waals surface area (Å²) in [5, 5.41) is 4.35. The number of hydrogen-bond donors (Lipinski definition) is 2. The molecule has 1 aromatic heterocycles. The minimum atomic E-state index is -0.310. The topological polar surface area (TPSA) is 44.9 Å². The number of hydrogen-bond acceptors (Lipinski definition) is 1. The van der Waals surface area contributed by atoms with Crippen LogP contribution >= 0.6 is 11.6 Å². The first-order chi connectivity index (χ1) is 11.4. The zero-order valence-electron chi connectivity index (χ0n) is 13.5. The van der Waals surface area contributed by atoms with Crippen molar-refractivity contribution in [3.05, 3.63) is 70.1 Å². The van der Waals surface area contributed by atoms with Gasteiger partial charge in [-0.2, -0.15) is 0 Å². The van der Waals surface area contributed by atoms with Crippen LogP contribution in [0.25, 0.3) is 10.9 Å². The van der Waals surface area contributed by atoms with Gasteiger partial charge in [-0.05, 0) is 55.3 Å². The molecule has 1 unspecified atom stereocenters. The van der Waals surface area contributed by atoms with Gasteiger partial charge in [0, 0.05) is 21.6 Å². The van der Waals surface area contributed by atoms with Crippen LogP contribution in [-0.4, -0.2) is 10.9 Å². The Hall–Kier alpha value is -2.33. The zero-order valence-corrected chi connectivity index (χ0v) is 14.2. The summed E-state index contributed by atoms with van der Waals surface area (Å²) in [6.07, 6.45) is 0.195. The minimum Gasteiger partial charge on any atom is -0.358 e. The third kappa shape index (κ3) is 3.44. The lowest BCUT2D eigenvalue weighted by Gasteiger charge is -2.14. The van der Waals surface area contributed by atoms with Crippen molar-refractivity contribution in [1.29, 1.82) is 0 Å². The lowest BCUT2D eigenvalue weighted by atomic mass is 10.1. The monoisotopic (exact) mass is 344 g/mol. The van der Waals surface area contributed by atoms with Crippen LogP contribution in [-0.2, 0) is 11.2 Å². The minimum absolute atomic E-state index is 0.115. The van der Waals surface area contributed by atoms with Crippen LogP contribution in [0, 0.1) is 12.7 Å². The number of aromatic nitrogens is 1. The highest BCUT2D eigenvalue weighted by Gasteiger charge is 2.15. The molecule has 2 aromatic carbocycles. The van der Waals surface area contributed by atoms with E-state index in [1.807, 2.05) is 32.0 Å². The van der Waals surface area contributed by atoms with Gasteiger partial charge in [0.15, 0.2) is 0 Å². The molecule has 0 aliphatic carbocycles. The van der Waals surface area contributed by atoms with E-state index in [9.17, 15) is 9.18 Å². The molecular weight excluding hydrogens is 327 g/mol. The molecule has 24 heavy (non-hydrogen) atoms.